The number of fused-ring (bicyclic) bond motifs is 1. The second-order valence-corrected chi connectivity index (χ2v) is 7.00. The molecule has 0 atom stereocenters. The summed E-state index contributed by atoms with van der Waals surface area (Å²) in [5.74, 6) is 0.730. The second-order valence-electron chi connectivity index (χ2n) is 7.00. The Kier molecular flexibility index (Phi) is 5.38. The molecule has 2 aromatic carbocycles. The van der Waals surface area contributed by atoms with Gasteiger partial charge in [0.25, 0.3) is 0 Å². The molecule has 30 heavy (non-hydrogen) atoms. The van der Waals surface area contributed by atoms with E-state index in [1.165, 1.54) is 6.26 Å². The highest BCUT2D eigenvalue weighted by atomic mass is 16.5. The van der Waals surface area contributed by atoms with E-state index in [2.05, 4.69) is 20.3 Å². The lowest BCUT2D eigenvalue weighted by molar-refractivity contribution is 0.0519. The maximum absolute atomic E-state index is 11.7. The van der Waals surface area contributed by atoms with Gasteiger partial charge in [-0.3, -0.25) is 0 Å². The Morgan fingerprint density at radius 1 is 1.17 bits per heavy atom. The van der Waals surface area contributed by atoms with E-state index >= 15 is 0 Å². The molecule has 0 saturated carbocycles. The Balaban J connectivity index is 1.41. The quantitative estimate of drug-likeness (QED) is 0.447. The molecular weight excluding hydrogens is 382 g/mol. The molecule has 0 bridgehead atoms. The van der Waals surface area contributed by atoms with Crippen molar-refractivity contribution in [2.24, 2.45) is 0 Å². The lowest BCUT2D eigenvalue weighted by Gasteiger charge is -2.07. The van der Waals surface area contributed by atoms with Crippen LogP contribution < -0.4 is 10.2 Å². The molecule has 0 aliphatic carbocycles. The third kappa shape index (κ3) is 4.12. The first kappa shape index (κ1) is 19.5. The third-order valence-electron chi connectivity index (χ3n) is 4.58. The van der Waals surface area contributed by atoms with Crippen LogP contribution in [-0.4, -0.2) is 41.6 Å². The maximum Gasteiger partial charge on any atom is 0.360 e. The van der Waals surface area contributed by atoms with E-state index in [1.807, 2.05) is 61.5 Å². The van der Waals surface area contributed by atoms with Gasteiger partial charge in [0.05, 0.1) is 17.6 Å². The van der Waals surface area contributed by atoms with Gasteiger partial charge in [0.15, 0.2) is 5.69 Å². The molecule has 0 saturated heterocycles. The number of esters is 1. The highest BCUT2D eigenvalue weighted by molar-refractivity contribution is 5.87. The largest absolute Gasteiger partial charge is 0.461 e. The summed E-state index contributed by atoms with van der Waals surface area (Å²) in [6, 6.07) is 13.9. The fraction of sp³-hybridized carbons (Fsp3) is 0.227. The first-order valence-electron chi connectivity index (χ1n) is 9.66. The number of nitrogens with zero attached hydrogens (tertiary/aromatic N) is 3. The summed E-state index contributed by atoms with van der Waals surface area (Å²) in [6.45, 7) is 2.71. The van der Waals surface area contributed by atoms with Crippen LogP contribution in [0.25, 0.3) is 22.5 Å². The van der Waals surface area contributed by atoms with Crippen molar-refractivity contribution in [3.05, 3.63) is 60.0 Å². The summed E-state index contributed by atoms with van der Waals surface area (Å²) in [5.41, 5.74) is 4.98. The van der Waals surface area contributed by atoms with E-state index in [1.54, 1.807) is 6.92 Å². The molecule has 0 radical (unpaired) electrons. The monoisotopic (exact) mass is 405 g/mol. The van der Waals surface area contributed by atoms with Crippen LogP contribution in [0.2, 0.25) is 0 Å². The Hall–Kier alpha value is -3.81. The number of nitrogens with one attached hydrogen (secondary N) is 2. The molecule has 0 spiro atoms. The summed E-state index contributed by atoms with van der Waals surface area (Å²) in [4.78, 5) is 25.7. The van der Waals surface area contributed by atoms with Gasteiger partial charge in [-0.15, -0.1) is 0 Å². The van der Waals surface area contributed by atoms with E-state index in [4.69, 9.17) is 9.15 Å². The van der Waals surface area contributed by atoms with Crippen LogP contribution in [0, 0.1) is 0 Å². The van der Waals surface area contributed by atoms with Crippen LogP contribution in [0.5, 0.6) is 0 Å². The van der Waals surface area contributed by atoms with Gasteiger partial charge in [0.2, 0.25) is 11.8 Å². The first-order valence-corrected chi connectivity index (χ1v) is 9.66. The average Bonchev–Trinajstić information content (AvgIpc) is 3.40. The van der Waals surface area contributed by atoms with Crippen molar-refractivity contribution in [2.75, 3.05) is 30.9 Å². The SMILES string of the molecule is CCOC(=O)c1coc(-c2ccc(CNc3ccc4[nH]c(N(C)C)nc4c3)cc2)n1. The number of H-pyrrole nitrogens is 1. The molecule has 8 heteroatoms. The number of anilines is 2. The predicted octanol–water partition coefficient (Wildman–Crippen LogP) is 4.07. The van der Waals surface area contributed by atoms with Gasteiger partial charge >= 0.3 is 5.97 Å². The number of hydrogen-bond acceptors (Lipinski definition) is 7. The number of aromatic amines is 1. The highest BCUT2D eigenvalue weighted by Gasteiger charge is 2.14. The van der Waals surface area contributed by atoms with E-state index in [9.17, 15) is 4.79 Å². The van der Waals surface area contributed by atoms with Gasteiger partial charge in [-0.25, -0.2) is 14.8 Å². The summed E-state index contributed by atoms with van der Waals surface area (Å²) in [7, 11) is 3.91. The fourth-order valence-corrected chi connectivity index (χ4v) is 2.99. The topological polar surface area (TPSA) is 96.3 Å². The lowest BCUT2D eigenvalue weighted by atomic mass is 10.1. The number of imidazole rings is 1. The zero-order valence-corrected chi connectivity index (χ0v) is 17.1. The average molecular weight is 405 g/mol. The van der Waals surface area contributed by atoms with Gasteiger partial charge in [0.1, 0.15) is 6.26 Å². The van der Waals surface area contributed by atoms with E-state index in [0.717, 1.165) is 33.8 Å². The van der Waals surface area contributed by atoms with Crippen molar-refractivity contribution in [2.45, 2.75) is 13.5 Å². The number of hydrogen-bond donors (Lipinski definition) is 2. The lowest BCUT2D eigenvalue weighted by Crippen LogP contribution is -2.09. The van der Waals surface area contributed by atoms with Crippen LogP contribution in [0.15, 0.2) is 53.1 Å². The van der Waals surface area contributed by atoms with Crippen molar-refractivity contribution >= 4 is 28.6 Å². The van der Waals surface area contributed by atoms with Gasteiger partial charge in [-0.05, 0) is 42.8 Å². The van der Waals surface area contributed by atoms with Gasteiger partial charge in [-0.1, -0.05) is 12.1 Å². The number of carbonyl (C=O) groups excluding carboxylic acids is 1. The third-order valence-corrected chi connectivity index (χ3v) is 4.58. The number of benzene rings is 2. The smallest absolute Gasteiger partial charge is 0.360 e. The molecule has 0 fully saturated rings. The number of ether oxygens (including phenoxy) is 1. The van der Waals surface area contributed by atoms with Crippen molar-refractivity contribution < 1.29 is 13.9 Å². The zero-order valence-electron chi connectivity index (χ0n) is 17.1. The normalized spacial score (nSPS) is 10.9. The molecule has 2 aromatic heterocycles. The standard InChI is InChI=1S/C22H23N5O3/c1-4-29-21(28)19-13-30-20(24-19)15-7-5-14(6-8-15)12-23-16-9-10-17-18(11-16)26-22(25-17)27(2)3/h5-11,13,23H,4,12H2,1-3H3,(H,25,26). The van der Waals surface area contributed by atoms with Crippen LogP contribution in [0.3, 0.4) is 0 Å². The van der Waals surface area contributed by atoms with Gasteiger partial charge in [-0.2, -0.15) is 0 Å². The number of oxazole rings is 1. The highest BCUT2D eigenvalue weighted by Crippen LogP contribution is 2.22. The van der Waals surface area contributed by atoms with E-state index in [0.29, 0.717) is 19.0 Å². The van der Waals surface area contributed by atoms with Crippen LogP contribution in [-0.2, 0) is 11.3 Å². The molecular formula is C22H23N5O3. The molecule has 154 valence electrons. The van der Waals surface area contributed by atoms with Crippen molar-refractivity contribution in [3.63, 3.8) is 0 Å². The van der Waals surface area contributed by atoms with Crippen molar-refractivity contribution in [1.29, 1.82) is 0 Å². The summed E-state index contributed by atoms with van der Waals surface area (Å²) in [6.07, 6.45) is 1.32. The Morgan fingerprint density at radius 3 is 2.70 bits per heavy atom. The Labute approximate surface area is 173 Å². The summed E-state index contributed by atoms with van der Waals surface area (Å²) >= 11 is 0. The fourth-order valence-electron chi connectivity index (χ4n) is 2.99. The molecule has 2 heterocycles. The van der Waals surface area contributed by atoms with Crippen LogP contribution in [0.1, 0.15) is 23.0 Å². The summed E-state index contributed by atoms with van der Waals surface area (Å²) < 4.78 is 10.3. The number of aromatic nitrogens is 3. The van der Waals surface area contributed by atoms with Crippen LogP contribution in [0.4, 0.5) is 11.6 Å². The van der Waals surface area contributed by atoms with Gasteiger partial charge in [0, 0.05) is 31.9 Å². The van der Waals surface area contributed by atoms with E-state index < -0.39 is 5.97 Å². The Bertz CT molecular complexity index is 1160. The minimum absolute atomic E-state index is 0.170. The second kappa shape index (κ2) is 8.28. The Morgan fingerprint density at radius 2 is 1.97 bits per heavy atom. The van der Waals surface area contributed by atoms with Crippen molar-refractivity contribution in [1.82, 2.24) is 15.0 Å². The molecule has 0 aliphatic rings. The number of rotatable bonds is 7. The maximum atomic E-state index is 11.7. The molecule has 4 rings (SSSR count). The van der Waals surface area contributed by atoms with E-state index in [-0.39, 0.29) is 5.69 Å². The first-order chi connectivity index (χ1) is 14.5. The summed E-state index contributed by atoms with van der Waals surface area (Å²) in [5, 5.41) is 3.42. The molecule has 8 nitrogen and oxygen atoms in total. The molecule has 0 unspecified atom stereocenters. The van der Waals surface area contributed by atoms with Gasteiger partial charge < -0.3 is 24.4 Å². The predicted molar refractivity (Wildman–Crippen MR) is 116 cm³/mol. The van der Waals surface area contributed by atoms with Crippen LogP contribution >= 0.6 is 0 Å². The minimum Gasteiger partial charge on any atom is -0.461 e. The molecule has 0 amide bonds. The zero-order chi connectivity index (χ0) is 21.1. The number of carbonyl (C=O) groups is 1. The molecule has 0 aliphatic heterocycles. The molecule has 4 aromatic rings. The molecule has 2 N–H and O–H groups in total. The van der Waals surface area contributed by atoms with Crippen molar-refractivity contribution in [3.8, 4) is 11.5 Å². The minimum atomic E-state index is -0.486.